The van der Waals surface area contributed by atoms with Gasteiger partial charge in [0.05, 0.1) is 12.2 Å². The lowest BCUT2D eigenvalue weighted by molar-refractivity contribution is 0.181. The number of nitrogens with one attached hydrogen (secondary N) is 1. The van der Waals surface area contributed by atoms with Crippen molar-refractivity contribution in [1.29, 1.82) is 0 Å². The Hall–Kier alpha value is -2.34. The molecule has 3 rings (SSSR count). The van der Waals surface area contributed by atoms with Crippen LogP contribution in [0.5, 0.6) is 0 Å². The molecule has 1 aliphatic heterocycles. The highest BCUT2D eigenvalue weighted by molar-refractivity contribution is 5.89. The third-order valence-electron chi connectivity index (χ3n) is 4.30. The smallest absolute Gasteiger partial charge is 0.414 e. The molecule has 1 aliphatic rings. The number of amides is 1. The largest absolute Gasteiger partial charge is 0.447 e. The van der Waals surface area contributed by atoms with Crippen LogP contribution < -0.4 is 10.2 Å². The molecule has 1 N–H and O–H groups in total. The standard InChI is InChI=1S/C17H22N4O2/c1-12-16(13(2)20(3)19-12)11-18-10-14-4-6-15(7-5-14)21-8-9-23-17(21)22/h4-7,18H,8-11H2,1-3H3. The Morgan fingerprint density at radius 2 is 1.96 bits per heavy atom. The number of cyclic esters (lactones) is 1. The van der Waals surface area contributed by atoms with Gasteiger partial charge in [-0.2, -0.15) is 5.10 Å². The molecule has 1 amide bonds. The Balaban J connectivity index is 1.57. The summed E-state index contributed by atoms with van der Waals surface area (Å²) in [4.78, 5) is 13.2. The highest BCUT2D eigenvalue weighted by Crippen LogP contribution is 2.19. The maximum atomic E-state index is 11.5. The van der Waals surface area contributed by atoms with Crippen molar-refractivity contribution in [2.75, 3.05) is 18.1 Å². The summed E-state index contributed by atoms with van der Waals surface area (Å²) in [6.45, 7) is 6.78. The van der Waals surface area contributed by atoms with Crippen molar-refractivity contribution in [2.24, 2.45) is 7.05 Å². The zero-order chi connectivity index (χ0) is 16.4. The summed E-state index contributed by atoms with van der Waals surface area (Å²) in [7, 11) is 1.97. The molecule has 6 nitrogen and oxygen atoms in total. The Morgan fingerprint density at radius 1 is 1.22 bits per heavy atom. The molecule has 1 fully saturated rings. The van der Waals surface area contributed by atoms with E-state index in [-0.39, 0.29) is 6.09 Å². The molecular formula is C17H22N4O2. The molecule has 0 unspecified atom stereocenters. The van der Waals surface area contributed by atoms with Gasteiger partial charge in [0.15, 0.2) is 0 Å². The molecule has 1 saturated heterocycles. The van der Waals surface area contributed by atoms with E-state index >= 15 is 0 Å². The van der Waals surface area contributed by atoms with Crippen LogP contribution >= 0.6 is 0 Å². The van der Waals surface area contributed by atoms with Gasteiger partial charge < -0.3 is 10.1 Å². The minimum Gasteiger partial charge on any atom is -0.447 e. The van der Waals surface area contributed by atoms with Crippen LogP contribution in [0.15, 0.2) is 24.3 Å². The second kappa shape index (κ2) is 6.42. The van der Waals surface area contributed by atoms with E-state index in [2.05, 4.69) is 17.3 Å². The number of aryl methyl sites for hydroxylation is 2. The molecule has 0 bridgehead atoms. The van der Waals surface area contributed by atoms with Gasteiger partial charge in [0.25, 0.3) is 0 Å². The highest BCUT2D eigenvalue weighted by Gasteiger charge is 2.23. The molecule has 1 aromatic carbocycles. The van der Waals surface area contributed by atoms with Crippen LogP contribution in [0.3, 0.4) is 0 Å². The fourth-order valence-corrected chi connectivity index (χ4v) is 2.83. The predicted octanol–water partition coefficient (Wildman–Crippen LogP) is 2.28. The summed E-state index contributed by atoms with van der Waals surface area (Å²) in [6, 6.07) is 8.00. The van der Waals surface area contributed by atoms with Gasteiger partial charge >= 0.3 is 6.09 Å². The van der Waals surface area contributed by atoms with E-state index in [1.54, 1.807) is 4.90 Å². The van der Waals surface area contributed by atoms with Crippen molar-refractivity contribution in [3.05, 3.63) is 46.8 Å². The average molecular weight is 314 g/mol. The first kappa shape index (κ1) is 15.6. The quantitative estimate of drug-likeness (QED) is 0.920. The van der Waals surface area contributed by atoms with Crippen LogP contribution in [0.25, 0.3) is 0 Å². The molecule has 0 radical (unpaired) electrons. The molecule has 2 heterocycles. The topological polar surface area (TPSA) is 59.4 Å². The second-order valence-electron chi connectivity index (χ2n) is 5.81. The molecule has 0 spiro atoms. The Kier molecular flexibility index (Phi) is 4.34. The zero-order valence-electron chi connectivity index (χ0n) is 13.8. The molecule has 0 aliphatic carbocycles. The van der Waals surface area contributed by atoms with E-state index in [1.807, 2.05) is 42.9 Å². The molecule has 23 heavy (non-hydrogen) atoms. The van der Waals surface area contributed by atoms with Gasteiger partial charge in [0, 0.05) is 37.1 Å². The Labute approximate surface area is 136 Å². The SMILES string of the molecule is Cc1nn(C)c(C)c1CNCc1ccc(N2CCOC2=O)cc1. The van der Waals surface area contributed by atoms with Gasteiger partial charge in [-0.3, -0.25) is 9.58 Å². The van der Waals surface area contributed by atoms with Gasteiger partial charge in [-0.1, -0.05) is 12.1 Å². The van der Waals surface area contributed by atoms with Gasteiger partial charge in [-0.05, 0) is 31.5 Å². The lowest BCUT2D eigenvalue weighted by Gasteiger charge is -2.13. The zero-order valence-corrected chi connectivity index (χ0v) is 13.8. The Morgan fingerprint density at radius 3 is 2.52 bits per heavy atom. The van der Waals surface area contributed by atoms with E-state index in [0.717, 1.165) is 24.5 Å². The normalized spacial score (nSPS) is 14.4. The Bertz CT molecular complexity index is 706. The number of anilines is 1. The number of benzene rings is 1. The molecule has 122 valence electrons. The van der Waals surface area contributed by atoms with Crippen LogP contribution in [-0.4, -0.2) is 29.0 Å². The van der Waals surface area contributed by atoms with Crippen LogP contribution in [0.2, 0.25) is 0 Å². The van der Waals surface area contributed by atoms with Crippen LogP contribution in [0.1, 0.15) is 22.5 Å². The molecule has 0 saturated carbocycles. The van der Waals surface area contributed by atoms with Crippen molar-refractivity contribution < 1.29 is 9.53 Å². The maximum Gasteiger partial charge on any atom is 0.414 e. The van der Waals surface area contributed by atoms with E-state index < -0.39 is 0 Å². The number of carbonyl (C=O) groups is 1. The number of hydrogen-bond donors (Lipinski definition) is 1. The van der Waals surface area contributed by atoms with Gasteiger partial charge in [0.2, 0.25) is 0 Å². The minimum absolute atomic E-state index is 0.265. The van der Waals surface area contributed by atoms with Crippen molar-refractivity contribution in [1.82, 2.24) is 15.1 Å². The summed E-state index contributed by atoms with van der Waals surface area (Å²) in [5.41, 5.74) is 5.58. The van der Waals surface area contributed by atoms with Gasteiger partial charge in [-0.15, -0.1) is 0 Å². The van der Waals surface area contributed by atoms with Crippen molar-refractivity contribution >= 4 is 11.8 Å². The van der Waals surface area contributed by atoms with Gasteiger partial charge in [0.1, 0.15) is 6.61 Å². The van der Waals surface area contributed by atoms with Gasteiger partial charge in [-0.25, -0.2) is 4.79 Å². The van der Waals surface area contributed by atoms with Crippen LogP contribution in [-0.2, 0) is 24.9 Å². The molecule has 0 atom stereocenters. The lowest BCUT2D eigenvalue weighted by atomic mass is 10.1. The van der Waals surface area contributed by atoms with E-state index in [9.17, 15) is 4.79 Å². The predicted molar refractivity (Wildman–Crippen MR) is 88.4 cm³/mol. The summed E-state index contributed by atoms with van der Waals surface area (Å²) in [5, 5.41) is 7.88. The van der Waals surface area contributed by atoms with Crippen molar-refractivity contribution in [3.8, 4) is 0 Å². The third kappa shape index (κ3) is 3.22. The first-order chi connectivity index (χ1) is 11.1. The number of ether oxygens (including phenoxy) is 1. The first-order valence-electron chi connectivity index (χ1n) is 7.79. The maximum absolute atomic E-state index is 11.5. The fraction of sp³-hybridized carbons (Fsp3) is 0.412. The van der Waals surface area contributed by atoms with Crippen LogP contribution in [0, 0.1) is 13.8 Å². The van der Waals surface area contributed by atoms with Crippen LogP contribution in [0.4, 0.5) is 10.5 Å². The van der Waals surface area contributed by atoms with Crippen molar-refractivity contribution in [3.63, 3.8) is 0 Å². The number of hydrogen-bond acceptors (Lipinski definition) is 4. The number of rotatable bonds is 5. The first-order valence-corrected chi connectivity index (χ1v) is 7.79. The summed E-state index contributed by atoms with van der Waals surface area (Å²) in [6.07, 6.45) is -0.265. The monoisotopic (exact) mass is 314 g/mol. The second-order valence-corrected chi connectivity index (χ2v) is 5.81. The molecule has 2 aromatic rings. The summed E-state index contributed by atoms with van der Waals surface area (Å²) >= 11 is 0. The highest BCUT2D eigenvalue weighted by atomic mass is 16.6. The molecule has 1 aromatic heterocycles. The number of aromatic nitrogens is 2. The van der Waals surface area contributed by atoms with E-state index in [0.29, 0.717) is 13.2 Å². The average Bonchev–Trinajstić information content (AvgIpc) is 3.06. The molecular weight excluding hydrogens is 292 g/mol. The molecule has 6 heteroatoms. The fourth-order valence-electron chi connectivity index (χ4n) is 2.83. The van der Waals surface area contributed by atoms with E-state index in [1.165, 1.54) is 16.8 Å². The minimum atomic E-state index is -0.265. The summed E-state index contributed by atoms with van der Waals surface area (Å²) in [5.74, 6) is 0. The van der Waals surface area contributed by atoms with Crippen molar-refractivity contribution in [2.45, 2.75) is 26.9 Å². The number of carbonyl (C=O) groups excluding carboxylic acids is 1. The van der Waals surface area contributed by atoms with E-state index in [4.69, 9.17) is 4.74 Å². The summed E-state index contributed by atoms with van der Waals surface area (Å²) < 4.78 is 6.87. The lowest BCUT2D eigenvalue weighted by Crippen LogP contribution is -2.23. The number of nitrogens with zero attached hydrogens (tertiary/aromatic N) is 3. The third-order valence-corrected chi connectivity index (χ3v) is 4.30.